The zero-order valence-electron chi connectivity index (χ0n) is 10.4. The van der Waals surface area contributed by atoms with Crippen LogP contribution in [0.25, 0.3) is 0 Å². The summed E-state index contributed by atoms with van der Waals surface area (Å²) in [5.74, 6) is 0.823. The summed E-state index contributed by atoms with van der Waals surface area (Å²) in [5, 5.41) is 10.2. The highest BCUT2D eigenvalue weighted by molar-refractivity contribution is 8.00. The van der Waals surface area contributed by atoms with E-state index in [-0.39, 0.29) is 17.9 Å². The maximum absolute atomic E-state index is 9.36. The fraction of sp³-hybridized carbons (Fsp3) is 1.00. The van der Waals surface area contributed by atoms with Gasteiger partial charge in [-0.25, -0.2) is 0 Å². The van der Waals surface area contributed by atoms with Gasteiger partial charge in [-0.2, -0.15) is 11.8 Å². The number of hydrogen-bond donors (Lipinski definition) is 2. The topological polar surface area (TPSA) is 55.5 Å². The van der Waals surface area contributed by atoms with Crippen LogP contribution in [0.3, 0.4) is 0 Å². The minimum atomic E-state index is -0.0581. The summed E-state index contributed by atoms with van der Waals surface area (Å²) in [6.07, 6.45) is 5.20. The van der Waals surface area contributed by atoms with Crippen LogP contribution < -0.4 is 5.73 Å². The summed E-state index contributed by atoms with van der Waals surface area (Å²) in [5.41, 5.74) is 5.98. The molecule has 0 aliphatic heterocycles. The summed E-state index contributed by atoms with van der Waals surface area (Å²) in [7, 11) is 1.65. The van der Waals surface area contributed by atoms with Crippen molar-refractivity contribution in [3.05, 3.63) is 0 Å². The molecule has 0 amide bonds. The van der Waals surface area contributed by atoms with Crippen LogP contribution in [0, 0.1) is 5.92 Å². The Morgan fingerprint density at radius 2 is 2.25 bits per heavy atom. The summed E-state index contributed by atoms with van der Waals surface area (Å²) in [4.78, 5) is 0. The van der Waals surface area contributed by atoms with Crippen molar-refractivity contribution in [3.8, 4) is 0 Å². The number of rotatable bonds is 6. The van der Waals surface area contributed by atoms with Gasteiger partial charge in [0.1, 0.15) is 0 Å². The van der Waals surface area contributed by atoms with Gasteiger partial charge in [0, 0.05) is 23.7 Å². The van der Waals surface area contributed by atoms with Crippen LogP contribution >= 0.6 is 11.8 Å². The smallest absolute Gasteiger partial charge is 0.0625 e. The van der Waals surface area contributed by atoms with Gasteiger partial charge in [-0.1, -0.05) is 19.8 Å². The number of ether oxygens (including phenoxy) is 1. The van der Waals surface area contributed by atoms with E-state index < -0.39 is 0 Å². The average Bonchev–Trinajstić information content (AvgIpc) is 2.26. The van der Waals surface area contributed by atoms with Crippen LogP contribution in [-0.4, -0.2) is 42.0 Å². The van der Waals surface area contributed by atoms with Gasteiger partial charge in [-0.15, -0.1) is 0 Å². The van der Waals surface area contributed by atoms with Gasteiger partial charge in [0.05, 0.1) is 13.2 Å². The van der Waals surface area contributed by atoms with Crippen LogP contribution in [0.1, 0.15) is 32.6 Å². The number of hydrogen-bond acceptors (Lipinski definition) is 4. The molecule has 0 bridgehead atoms. The highest BCUT2D eigenvalue weighted by Gasteiger charge is 2.25. The summed E-state index contributed by atoms with van der Waals surface area (Å²) in [6, 6.07) is -0.0581. The molecule has 96 valence electrons. The van der Waals surface area contributed by atoms with Crippen molar-refractivity contribution in [1.82, 2.24) is 0 Å². The second-order valence-corrected chi connectivity index (χ2v) is 6.41. The molecule has 1 rings (SSSR count). The lowest BCUT2D eigenvalue weighted by Gasteiger charge is -2.31. The lowest BCUT2D eigenvalue weighted by molar-refractivity contribution is 0.167. The average molecular weight is 247 g/mol. The Hall–Kier alpha value is 0.230. The zero-order valence-corrected chi connectivity index (χ0v) is 11.2. The number of aliphatic hydroxyl groups excluding tert-OH is 1. The molecule has 0 saturated heterocycles. The zero-order chi connectivity index (χ0) is 12.0. The van der Waals surface area contributed by atoms with Crippen LogP contribution in [-0.2, 0) is 4.74 Å². The molecule has 0 heterocycles. The first kappa shape index (κ1) is 14.3. The lowest BCUT2D eigenvalue weighted by Crippen LogP contribution is -2.40. The SMILES string of the molecule is COCC(N)C(CO)SC1CCCC(C)C1. The molecule has 4 unspecified atom stereocenters. The van der Waals surface area contributed by atoms with E-state index in [1.54, 1.807) is 7.11 Å². The van der Waals surface area contributed by atoms with E-state index in [0.29, 0.717) is 11.9 Å². The normalized spacial score (nSPS) is 30.0. The first-order chi connectivity index (χ1) is 7.67. The number of aliphatic hydroxyl groups is 1. The molecule has 4 atom stereocenters. The van der Waals surface area contributed by atoms with Gasteiger partial charge in [0.15, 0.2) is 0 Å². The lowest BCUT2D eigenvalue weighted by atomic mass is 9.91. The Morgan fingerprint density at radius 3 is 2.81 bits per heavy atom. The van der Waals surface area contributed by atoms with Crippen molar-refractivity contribution in [2.24, 2.45) is 11.7 Å². The highest BCUT2D eigenvalue weighted by atomic mass is 32.2. The number of nitrogens with two attached hydrogens (primary N) is 1. The summed E-state index contributed by atoms with van der Waals surface area (Å²) >= 11 is 1.86. The largest absolute Gasteiger partial charge is 0.395 e. The van der Waals surface area contributed by atoms with Gasteiger partial charge in [0.2, 0.25) is 0 Å². The molecule has 0 radical (unpaired) electrons. The van der Waals surface area contributed by atoms with E-state index in [1.165, 1.54) is 25.7 Å². The molecule has 4 heteroatoms. The van der Waals surface area contributed by atoms with Crippen LogP contribution in [0.4, 0.5) is 0 Å². The maximum atomic E-state index is 9.36. The second kappa shape index (κ2) is 7.54. The fourth-order valence-corrected chi connectivity index (χ4v) is 3.93. The predicted octanol–water partition coefficient (Wildman–Crippen LogP) is 1.63. The van der Waals surface area contributed by atoms with Crippen molar-refractivity contribution in [2.45, 2.75) is 49.1 Å². The molecule has 1 aliphatic rings. The van der Waals surface area contributed by atoms with Crippen molar-refractivity contribution >= 4 is 11.8 Å². The van der Waals surface area contributed by atoms with E-state index >= 15 is 0 Å². The van der Waals surface area contributed by atoms with E-state index in [4.69, 9.17) is 10.5 Å². The molecule has 3 nitrogen and oxygen atoms in total. The molecule has 3 N–H and O–H groups in total. The predicted molar refractivity (Wildman–Crippen MR) is 69.7 cm³/mol. The first-order valence-corrected chi connectivity index (χ1v) is 7.12. The minimum Gasteiger partial charge on any atom is -0.395 e. The van der Waals surface area contributed by atoms with Crippen molar-refractivity contribution in [2.75, 3.05) is 20.3 Å². The molecule has 1 fully saturated rings. The molecule has 0 aromatic rings. The Labute approximate surface area is 103 Å². The monoisotopic (exact) mass is 247 g/mol. The van der Waals surface area contributed by atoms with E-state index in [0.717, 1.165) is 5.92 Å². The Balaban J connectivity index is 2.36. The van der Waals surface area contributed by atoms with E-state index in [1.807, 2.05) is 11.8 Å². The number of thioether (sulfide) groups is 1. The summed E-state index contributed by atoms with van der Waals surface area (Å²) < 4.78 is 5.05. The molecule has 16 heavy (non-hydrogen) atoms. The molecule has 0 aromatic carbocycles. The third kappa shape index (κ3) is 4.62. The Bertz CT molecular complexity index is 192. The highest BCUT2D eigenvalue weighted by Crippen LogP contribution is 2.34. The van der Waals surface area contributed by atoms with E-state index in [9.17, 15) is 5.11 Å². The van der Waals surface area contributed by atoms with Crippen LogP contribution in [0.2, 0.25) is 0 Å². The van der Waals surface area contributed by atoms with E-state index in [2.05, 4.69) is 6.92 Å². The van der Waals surface area contributed by atoms with Gasteiger partial charge in [-0.05, 0) is 18.8 Å². The Morgan fingerprint density at radius 1 is 1.50 bits per heavy atom. The van der Waals surface area contributed by atoms with Crippen LogP contribution in [0.5, 0.6) is 0 Å². The molecule has 0 spiro atoms. The van der Waals surface area contributed by atoms with Gasteiger partial charge in [0.25, 0.3) is 0 Å². The maximum Gasteiger partial charge on any atom is 0.0625 e. The quantitative estimate of drug-likeness (QED) is 0.749. The standard InChI is InChI=1S/C12H25NO2S/c1-9-4-3-5-10(6-9)16-12(7-14)11(13)8-15-2/h9-12,14H,3-8,13H2,1-2H3. The van der Waals surface area contributed by atoms with Gasteiger partial charge in [-0.3, -0.25) is 0 Å². The van der Waals surface area contributed by atoms with Crippen molar-refractivity contribution < 1.29 is 9.84 Å². The third-order valence-electron chi connectivity index (χ3n) is 3.27. The second-order valence-electron chi connectivity index (χ2n) is 4.87. The van der Waals surface area contributed by atoms with Gasteiger partial charge >= 0.3 is 0 Å². The third-order valence-corrected chi connectivity index (χ3v) is 4.93. The fourth-order valence-electron chi connectivity index (χ4n) is 2.33. The Kier molecular flexibility index (Phi) is 6.73. The number of methoxy groups -OCH3 is 1. The van der Waals surface area contributed by atoms with Gasteiger partial charge < -0.3 is 15.6 Å². The minimum absolute atomic E-state index is 0.0581. The molecule has 1 aliphatic carbocycles. The molecular weight excluding hydrogens is 222 g/mol. The van der Waals surface area contributed by atoms with Crippen LogP contribution in [0.15, 0.2) is 0 Å². The molecular formula is C12H25NO2S. The molecule has 0 aromatic heterocycles. The van der Waals surface area contributed by atoms with Crippen molar-refractivity contribution in [1.29, 1.82) is 0 Å². The summed E-state index contributed by atoms with van der Waals surface area (Å²) in [6.45, 7) is 3.00. The first-order valence-electron chi connectivity index (χ1n) is 6.18. The molecule has 1 saturated carbocycles. The van der Waals surface area contributed by atoms with Crippen molar-refractivity contribution in [3.63, 3.8) is 0 Å².